The second kappa shape index (κ2) is 5.98. The zero-order valence-corrected chi connectivity index (χ0v) is 12.3. The van der Waals surface area contributed by atoms with Crippen LogP contribution in [0.5, 0.6) is 5.75 Å². The predicted octanol–water partition coefficient (Wildman–Crippen LogP) is 1.46. The average molecular weight is 317 g/mol. The molecule has 0 aromatic heterocycles. The van der Waals surface area contributed by atoms with E-state index in [4.69, 9.17) is 9.84 Å². The number of hydrogen-bond acceptors (Lipinski definition) is 4. The Kier molecular flexibility index (Phi) is 4.48. The Morgan fingerprint density at radius 2 is 2.14 bits per heavy atom. The van der Waals surface area contributed by atoms with E-state index in [2.05, 4.69) is 0 Å². The summed E-state index contributed by atoms with van der Waals surface area (Å²) in [6, 6.07) is 2.17. The van der Waals surface area contributed by atoms with Gasteiger partial charge in [-0.3, -0.25) is 4.79 Å². The molecule has 6 nitrogen and oxygen atoms in total. The van der Waals surface area contributed by atoms with E-state index >= 15 is 0 Å². The van der Waals surface area contributed by atoms with Gasteiger partial charge in [0, 0.05) is 6.54 Å². The standard InChI is InChI=1S/C13H16FNO5S/c1-20-12-6-5-9(8-10(12)14)21(18,19)15-7-3-2-4-11(15)13(16)17/h5-6,8,11H,2-4,7H2,1H3,(H,16,17)/t11-/m0/s1. The Morgan fingerprint density at radius 1 is 1.43 bits per heavy atom. The number of halogens is 1. The molecule has 1 N–H and O–H groups in total. The maximum absolute atomic E-state index is 13.7. The van der Waals surface area contributed by atoms with E-state index in [-0.39, 0.29) is 23.6 Å². The molecule has 1 heterocycles. The molecule has 0 spiro atoms. The molecule has 1 saturated heterocycles. The van der Waals surface area contributed by atoms with Crippen molar-refractivity contribution in [1.29, 1.82) is 0 Å². The summed E-state index contributed by atoms with van der Waals surface area (Å²) in [5.74, 6) is -2.06. The second-order valence-electron chi connectivity index (χ2n) is 4.76. The van der Waals surface area contributed by atoms with E-state index < -0.39 is 27.9 Å². The minimum absolute atomic E-state index is 0.0672. The minimum atomic E-state index is -4.05. The summed E-state index contributed by atoms with van der Waals surface area (Å²) in [7, 11) is -2.77. The normalized spacial score (nSPS) is 20.2. The molecule has 1 aliphatic rings. The van der Waals surface area contributed by atoms with Crippen LogP contribution in [0.25, 0.3) is 0 Å². The Balaban J connectivity index is 2.40. The minimum Gasteiger partial charge on any atom is -0.494 e. The van der Waals surface area contributed by atoms with Gasteiger partial charge in [-0.1, -0.05) is 0 Å². The predicted molar refractivity (Wildman–Crippen MR) is 72.1 cm³/mol. The molecule has 8 heteroatoms. The number of rotatable bonds is 4. The van der Waals surface area contributed by atoms with Crippen LogP contribution in [0.4, 0.5) is 4.39 Å². The Bertz CT molecular complexity index is 646. The lowest BCUT2D eigenvalue weighted by atomic mass is 10.1. The van der Waals surface area contributed by atoms with E-state index in [0.717, 1.165) is 10.4 Å². The fourth-order valence-electron chi connectivity index (χ4n) is 2.38. The molecule has 116 valence electrons. The van der Waals surface area contributed by atoms with Crippen LogP contribution >= 0.6 is 0 Å². The van der Waals surface area contributed by atoms with Crippen LogP contribution < -0.4 is 4.74 Å². The van der Waals surface area contributed by atoms with Gasteiger partial charge in [0.2, 0.25) is 10.0 Å². The van der Waals surface area contributed by atoms with E-state index in [1.165, 1.54) is 19.2 Å². The van der Waals surface area contributed by atoms with Crippen molar-refractivity contribution >= 4 is 16.0 Å². The quantitative estimate of drug-likeness (QED) is 0.909. The Morgan fingerprint density at radius 3 is 2.71 bits per heavy atom. The molecule has 2 rings (SSSR count). The number of carboxylic acids is 1. The summed E-state index contributed by atoms with van der Waals surface area (Å²) in [5.41, 5.74) is 0. The number of hydrogen-bond donors (Lipinski definition) is 1. The highest BCUT2D eigenvalue weighted by Gasteiger charge is 2.37. The highest BCUT2D eigenvalue weighted by Crippen LogP contribution is 2.28. The Hall–Kier alpha value is -1.67. The van der Waals surface area contributed by atoms with Crippen LogP contribution in [-0.2, 0) is 14.8 Å². The molecule has 0 unspecified atom stereocenters. The molecule has 1 aromatic rings. The van der Waals surface area contributed by atoms with Crippen LogP contribution in [0, 0.1) is 5.82 Å². The first kappa shape index (κ1) is 15.7. The summed E-state index contributed by atoms with van der Waals surface area (Å²) in [6.07, 6.45) is 1.49. The smallest absolute Gasteiger partial charge is 0.322 e. The monoisotopic (exact) mass is 317 g/mol. The number of sulfonamides is 1. The van der Waals surface area contributed by atoms with Crippen LogP contribution in [0.2, 0.25) is 0 Å². The molecule has 0 bridgehead atoms. The number of methoxy groups -OCH3 is 1. The molecule has 1 atom stereocenters. The van der Waals surface area contributed by atoms with Crippen molar-refractivity contribution in [3.05, 3.63) is 24.0 Å². The fourth-order valence-corrected chi connectivity index (χ4v) is 4.05. The summed E-state index contributed by atoms with van der Waals surface area (Å²) in [6.45, 7) is 0.118. The van der Waals surface area contributed by atoms with Gasteiger partial charge in [0.15, 0.2) is 11.6 Å². The molecule has 1 aliphatic heterocycles. The molecule has 1 fully saturated rings. The van der Waals surface area contributed by atoms with E-state index in [9.17, 15) is 17.6 Å². The number of aliphatic carboxylic acids is 1. The lowest BCUT2D eigenvalue weighted by Crippen LogP contribution is -2.47. The van der Waals surface area contributed by atoms with Crippen molar-refractivity contribution < 1.29 is 27.4 Å². The van der Waals surface area contributed by atoms with Gasteiger partial charge in [-0.25, -0.2) is 12.8 Å². The van der Waals surface area contributed by atoms with Crippen molar-refractivity contribution in [2.45, 2.75) is 30.2 Å². The molecular weight excluding hydrogens is 301 g/mol. The zero-order chi connectivity index (χ0) is 15.6. The van der Waals surface area contributed by atoms with Gasteiger partial charge in [-0.2, -0.15) is 4.31 Å². The highest BCUT2D eigenvalue weighted by molar-refractivity contribution is 7.89. The number of piperidine rings is 1. The SMILES string of the molecule is COc1ccc(S(=O)(=O)N2CCCC[C@H]2C(=O)O)cc1F. The molecule has 0 aliphatic carbocycles. The molecule has 1 aromatic carbocycles. The molecular formula is C13H16FNO5S. The van der Waals surface area contributed by atoms with Crippen LogP contribution in [0.3, 0.4) is 0 Å². The van der Waals surface area contributed by atoms with Crippen LogP contribution in [-0.4, -0.2) is 43.5 Å². The van der Waals surface area contributed by atoms with Gasteiger partial charge in [0.1, 0.15) is 6.04 Å². The van der Waals surface area contributed by atoms with Gasteiger partial charge in [0.05, 0.1) is 12.0 Å². The first-order chi connectivity index (χ1) is 9.87. The van der Waals surface area contributed by atoms with E-state index in [0.29, 0.717) is 12.8 Å². The van der Waals surface area contributed by atoms with Crippen LogP contribution in [0.15, 0.2) is 23.1 Å². The number of ether oxygens (including phenoxy) is 1. The maximum Gasteiger partial charge on any atom is 0.322 e. The third-order valence-corrected chi connectivity index (χ3v) is 5.37. The van der Waals surface area contributed by atoms with Gasteiger partial charge in [-0.15, -0.1) is 0 Å². The van der Waals surface area contributed by atoms with Crippen molar-refractivity contribution in [2.75, 3.05) is 13.7 Å². The topological polar surface area (TPSA) is 83.9 Å². The number of nitrogens with zero attached hydrogens (tertiary/aromatic N) is 1. The highest BCUT2D eigenvalue weighted by atomic mass is 32.2. The van der Waals surface area contributed by atoms with Gasteiger partial charge in [-0.05, 0) is 37.5 Å². The first-order valence-electron chi connectivity index (χ1n) is 6.46. The van der Waals surface area contributed by atoms with Crippen molar-refractivity contribution in [1.82, 2.24) is 4.31 Å². The summed E-state index contributed by atoms with van der Waals surface area (Å²) >= 11 is 0. The van der Waals surface area contributed by atoms with Crippen LogP contribution in [0.1, 0.15) is 19.3 Å². The lowest BCUT2D eigenvalue weighted by Gasteiger charge is -2.31. The van der Waals surface area contributed by atoms with Gasteiger partial charge in [0.25, 0.3) is 0 Å². The van der Waals surface area contributed by atoms with Crippen molar-refractivity contribution in [3.63, 3.8) is 0 Å². The third-order valence-electron chi connectivity index (χ3n) is 3.47. The number of carboxylic acid groups (broad SMARTS) is 1. The number of carbonyl (C=O) groups is 1. The Labute approximate surface area is 122 Å². The van der Waals surface area contributed by atoms with Crippen molar-refractivity contribution in [2.24, 2.45) is 0 Å². The molecule has 0 saturated carbocycles. The second-order valence-corrected chi connectivity index (χ2v) is 6.65. The third kappa shape index (κ3) is 3.01. The summed E-state index contributed by atoms with van der Waals surface area (Å²) < 4.78 is 44.4. The molecule has 0 radical (unpaired) electrons. The van der Waals surface area contributed by atoms with E-state index in [1.54, 1.807) is 0 Å². The summed E-state index contributed by atoms with van der Waals surface area (Å²) in [5, 5.41) is 9.16. The van der Waals surface area contributed by atoms with E-state index in [1.807, 2.05) is 0 Å². The zero-order valence-electron chi connectivity index (χ0n) is 11.5. The average Bonchev–Trinajstić information content (AvgIpc) is 2.47. The molecule has 21 heavy (non-hydrogen) atoms. The van der Waals surface area contributed by atoms with Gasteiger partial charge >= 0.3 is 5.97 Å². The van der Waals surface area contributed by atoms with Gasteiger partial charge < -0.3 is 9.84 Å². The number of benzene rings is 1. The maximum atomic E-state index is 13.7. The summed E-state index contributed by atoms with van der Waals surface area (Å²) in [4.78, 5) is 10.9. The fraction of sp³-hybridized carbons (Fsp3) is 0.462. The largest absolute Gasteiger partial charge is 0.494 e. The first-order valence-corrected chi connectivity index (χ1v) is 7.90. The van der Waals surface area contributed by atoms with Crippen molar-refractivity contribution in [3.8, 4) is 5.75 Å². The molecule has 0 amide bonds. The lowest BCUT2D eigenvalue weighted by molar-refractivity contribution is -0.142.